The van der Waals surface area contributed by atoms with Gasteiger partial charge in [-0.2, -0.15) is 5.10 Å². The second-order valence-electron chi connectivity index (χ2n) is 4.06. The zero-order valence-electron chi connectivity index (χ0n) is 10.3. The number of carbonyl (C=O) groups is 1. The third-order valence-corrected chi connectivity index (χ3v) is 2.59. The molecule has 1 aromatic heterocycles. The molecule has 18 heavy (non-hydrogen) atoms. The first kappa shape index (κ1) is 12.2. The van der Waals surface area contributed by atoms with Crippen LogP contribution in [0.25, 0.3) is 0 Å². The molecule has 1 N–H and O–H groups in total. The molecule has 0 atom stereocenters. The number of benzene rings is 1. The summed E-state index contributed by atoms with van der Waals surface area (Å²) in [6, 6.07) is 7.63. The van der Waals surface area contributed by atoms with E-state index in [1.165, 1.54) is 10.9 Å². The molecule has 0 aliphatic carbocycles. The highest BCUT2D eigenvalue weighted by molar-refractivity contribution is 5.66. The van der Waals surface area contributed by atoms with Crippen molar-refractivity contribution in [2.75, 3.05) is 0 Å². The van der Waals surface area contributed by atoms with Gasteiger partial charge in [0.2, 0.25) is 0 Å². The van der Waals surface area contributed by atoms with E-state index in [9.17, 15) is 4.79 Å². The zero-order chi connectivity index (χ0) is 13.1. The molecule has 2 rings (SSSR count). The van der Waals surface area contributed by atoms with Crippen molar-refractivity contribution < 1.29 is 14.6 Å². The fraction of sp³-hybridized carbons (Fsp3) is 0.231. The number of aryl methyl sites for hydroxylation is 1. The van der Waals surface area contributed by atoms with Crippen molar-refractivity contribution in [3.8, 4) is 11.5 Å². The lowest BCUT2D eigenvalue weighted by Crippen LogP contribution is -2.11. The van der Waals surface area contributed by atoms with E-state index in [-0.39, 0.29) is 6.54 Å². The summed E-state index contributed by atoms with van der Waals surface area (Å²) in [5.41, 5.74) is 1.85. The molecule has 0 spiro atoms. The van der Waals surface area contributed by atoms with Gasteiger partial charge in [0.25, 0.3) is 0 Å². The minimum atomic E-state index is -0.928. The molecule has 1 heterocycles. The van der Waals surface area contributed by atoms with E-state index in [1.54, 1.807) is 6.92 Å². The van der Waals surface area contributed by atoms with Gasteiger partial charge in [-0.3, -0.25) is 9.48 Å². The first-order chi connectivity index (χ1) is 8.56. The van der Waals surface area contributed by atoms with Crippen molar-refractivity contribution in [1.82, 2.24) is 9.78 Å². The van der Waals surface area contributed by atoms with Crippen molar-refractivity contribution in [3.63, 3.8) is 0 Å². The van der Waals surface area contributed by atoms with Gasteiger partial charge >= 0.3 is 5.97 Å². The third kappa shape index (κ3) is 2.68. The minimum Gasteiger partial charge on any atom is -0.480 e. The highest BCUT2D eigenvalue weighted by Gasteiger charge is 2.10. The molecule has 0 aliphatic rings. The summed E-state index contributed by atoms with van der Waals surface area (Å²) in [6.45, 7) is 3.61. The SMILES string of the molecule is Cc1ccc(Oc2cnn(CC(=O)O)c2C)cc1. The fourth-order valence-electron chi connectivity index (χ4n) is 1.55. The van der Waals surface area contributed by atoms with Gasteiger partial charge in [-0.1, -0.05) is 17.7 Å². The number of carboxylic acids is 1. The molecule has 94 valence electrons. The van der Waals surface area contributed by atoms with E-state index < -0.39 is 5.97 Å². The molecular formula is C13H14N2O3. The van der Waals surface area contributed by atoms with Crippen LogP contribution in [-0.2, 0) is 11.3 Å². The Balaban J connectivity index is 2.17. The van der Waals surface area contributed by atoms with Crippen molar-refractivity contribution in [2.24, 2.45) is 0 Å². The van der Waals surface area contributed by atoms with Gasteiger partial charge in [0.15, 0.2) is 5.75 Å². The van der Waals surface area contributed by atoms with E-state index in [2.05, 4.69) is 5.10 Å². The summed E-state index contributed by atoms with van der Waals surface area (Å²) >= 11 is 0. The summed E-state index contributed by atoms with van der Waals surface area (Å²) < 4.78 is 7.04. The average molecular weight is 246 g/mol. The number of ether oxygens (including phenoxy) is 1. The number of aromatic nitrogens is 2. The van der Waals surface area contributed by atoms with Gasteiger partial charge in [-0.15, -0.1) is 0 Å². The zero-order valence-corrected chi connectivity index (χ0v) is 10.3. The highest BCUT2D eigenvalue weighted by Crippen LogP contribution is 2.24. The van der Waals surface area contributed by atoms with Gasteiger partial charge in [-0.05, 0) is 26.0 Å². The molecule has 0 saturated heterocycles. The van der Waals surface area contributed by atoms with E-state index in [0.717, 1.165) is 5.56 Å². The van der Waals surface area contributed by atoms with Gasteiger partial charge < -0.3 is 9.84 Å². The molecular weight excluding hydrogens is 232 g/mol. The number of nitrogens with zero attached hydrogens (tertiary/aromatic N) is 2. The van der Waals surface area contributed by atoms with Crippen LogP contribution in [0, 0.1) is 13.8 Å². The Morgan fingerprint density at radius 1 is 1.33 bits per heavy atom. The second-order valence-corrected chi connectivity index (χ2v) is 4.06. The van der Waals surface area contributed by atoms with Crippen LogP contribution in [0.5, 0.6) is 11.5 Å². The van der Waals surface area contributed by atoms with E-state index in [4.69, 9.17) is 9.84 Å². The Morgan fingerprint density at radius 3 is 2.61 bits per heavy atom. The maximum absolute atomic E-state index is 10.6. The summed E-state index contributed by atoms with van der Waals surface area (Å²) in [6.07, 6.45) is 1.53. The molecule has 1 aromatic carbocycles. The molecule has 2 aromatic rings. The van der Waals surface area contributed by atoms with Gasteiger partial charge in [0.05, 0.1) is 11.9 Å². The minimum absolute atomic E-state index is 0.164. The standard InChI is InChI=1S/C13H14N2O3/c1-9-3-5-11(6-4-9)18-12-7-14-15(10(12)2)8-13(16)17/h3-7H,8H2,1-2H3,(H,16,17). The lowest BCUT2D eigenvalue weighted by Gasteiger charge is -2.05. The van der Waals surface area contributed by atoms with Crippen LogP contribution in [0.4, 0.5) is 0 Å². The predicted molar refractivity (Wildman–Crippen MR) is 65.9 cm³/mol. The molecule has 0 amide bonds. The smallest absolute Gasteiger partial charge is 0.325 e. The topological polar surface area (TPSA) is 64.4 Å². The van der Waals surface area contributed by atoms with Crippen LogP contribution < -0.4 is 4.74 Å². The van der Waals surface area contributed by atoms with E-state index in [0.29, 0.717) is 17.2 Å². The first-order valence-electron chi connectivity index (χ1n) is 5.55. The molecule has 0 bridgehead atoms. The Labute approximate surface area is 105 Å². The summed E-state index contributed by atoms with van der Waals surface area (Å²) in [4.78, 5) is 10.6. The normalized spacial score (nSPS) is 10.3. The highest BCUT2D eigenvalue weighted by atomic mass is 16.5. The quantitative estimate of drug-likeness (QED) is 0.899. The number of hydrogen-bond acceptors (Lipinski definition) is 3. The molecule has 5 nitrogen and oxygen atoms in total. The Kier molecular flexibility index (Phi) is 3.32. The average Bonchev–Trinajstić information content (AvgIpc) is 2.64. The third-order valence-electron chi connectivity index (χ3n) is 2.59. The van der Waals surface area contributed by atoms with Crippen LogP contribution in [0.1, 0.15) is 11.3 Å². The molecule has 0 fully saturated rings. The van der Waals surface area contributed by atoms with Crippen LogP contribution in [0.3, 0.4) is 0 Å². The van der Waals surface area contributed by atoms with Gasteiger partial charge in [0.1, 0.15) is 12.3 Å². The van der Waals surface area contributed by atoms with Crippen molar-refractivity contribution >= 4 is 5.97 Å². The Bertz CT molecular complexity index is 558. The molecule has 0 radical (unpaired) electrons. The predicted octanol–water partition coefficient (Wildman–Crippen LogP) is 2.38. The van der Waals surface area contributed by atoms with Gasteiger partial charge in [0, 0.05) is 0 Å². The number of hydrogen-bond donors (Lipinski definition) is 1. The van der Waals surface area contributed by atoms with Crippen molar-refractivity contribution in [2.45, 2.75) is 20.4 Å². The number of carboxylic acid groups (broad SMARTS) is 1. The Hall–Kier alpha value is -2.30. The van der Waals surface area contributed by atoms with Crippen LogP contribution in [0.15, 0.2) is 30.5 Å². The Morgan fingerprint density at radius 2 is 2.00 bits per heavy atom. The summed E-state index contributed by atoms with van der Waals surface area (Å²) in [5.74, 6) is 0.349. The summed E-state index contributed by atoms with van der Waals surface area (Å²) in [5, 5.41) is 12.7. The van der Waals surface area contributed by atoms with Gasteiger partial charge in [-0.25, -0.2) is 0 Å². The number of rotatable bonds is 4. The van der Waals surface area contributed by atoms with Crippen LogP contribution in [0.2, 0.25) is 0 Å². The fourth-order valence-corrected chi connectivity index (χ4v) is 1.55. The van der Waals surface area contributed by atoms with Crippen LogP contribution >= 0.6 is 0 Å². The summed E-state index contributed by atoms with van der Waals surface area (Å²) in [7, 11) is 0. The van der Waals surface area contributed by atoms with Crippen LogP contribution in [-0.4, -0.2) is 20.9 Å². The van der Waals surface area contributed by atoms with E-state index >= 15 is 0 Å². The van der Waals surface area contributed by atoms with Crippen molar-refractivity contribution in [3.05, 3.63) is 41.7 Å². The molecule has 0 saturated carbocycles. The maximum Gasteiger partial charge on any atom is 0.325 e. The second kappa shape index (κ2) is 4.91. The van der Waals surface area contributed by atoms with E-state index in [1.807, 2.05) is 31.2 Å². The molecule has 0 aliphatic heterocycles. The lowest BCUT2D eigenvalue weighted by atomic mass is 10.2. The molecule has 0 unspecified atom stereocenters. The molecule has 5 heteroatoms. The maximum atomic E-state index is 10.6. The largest absolute Gasteiger partial charge is 0.480 e. The number of aliphatic carboxylic acids is 1. The monoisotopic (exact) mass is 246 g/mol. The lowest BCUT2D eigenvalue weighted by molar-refractivity contribution is -0.137. The van der Waals surface area contributed by atoms with Crippen molar-refractivity contribution in [1.29, 1.82) is 0 Å². The first-order valence-corrected chi connectivity index (χ1v) is 5.55.